The summed E-state index contributed by atoms with van der Waals surface area (Å²) in [6, 6.07) is 7.48. The van der Waals surface area contributed by atoms with Crippen LogP contribution in [0.15, 0.2) is 47.6 Å². The maximum Gasteiger partial charge on any atom is 0.264 e. The molecule has 0 aliphatic rings. The van der Waals surface area contributed by atoms with Crippen LogP contribution in [0, 0.1) is 0 Å². The summed E-state index contributed by atoms with van der Waals surface area (Å²) in [5.41, 5.74) is 0.553. The summed E-state index contributed by atoms with van der Waals surface area (Å²) in [6.45, 7) is 1.89. The number of thiocarbonyl (C=S) groups is 1. The molecular weight excluding hydrogens is 362 g/mol. The Morgan fingerprint density at radius 3 is 2.40 bits per heavy atom. The second kappa shape index (κ2) is 8.49. The monoisotopic (exact) mass is 379 g/mol. The number of aromatic nitrogens is 2. The molecular formula is C15H17N5O3S2. The molecule has 0 fully saturated rings. The Bertz CT molecular complexity index is 839. The lowest BCUT2D eigenvalue weighted by Gasteiger charge is -2.10. The molecule has 132 valence electrons. The van der Waals surface area contributed by atoms with Gasteiger partial charge in [0.1, 0.15) is 0 Å². The van der Waals surface area contributed by atoms with Gasteiger partial charge in [-0.2, -0.15) is 0 Å². The predicted molar refractivity (Wildman–Crippen MR) is 98.6 cm³/mol. The van der Waals surface area contributed by atoms with E-state index in [1.165, 1.54) is 24.5 Å². The molecule has 1 heterocycles. The summed E-state index contributed by atoms with van der Waals surface area (Å²) >= 11 is 5.03. The van der Waals surface area contributed by atoms with Gasteiger partial charge in [0.25, 0.3) is 10.0 Å². The normalized spacial score (nSPS) is 10.8. The van der Waals surface area contributed by atoms with Gasteiger partial charge in [-0.1, -0.05) is 6.92 Å². The molecule has 1 aromatic heterocycles. The zero-order chi connectivity index (χ0) is 18.3. The largest absolute Gasteiger partial charge is 0.332 e. The summed E-state index contributed by atoms with van der Waals surface area (Å²) in [5.74, 6) is -0.184. The van der Waals surface area contributed by atoms with E-state index in [1.54, 1.807) is 18.2 Å². The molecule has 8 nitrogen and oxygen atoms in total. The average molecular weight is 379 g/mol. The number of anilines is 2. The van der Waals surface area contributed by atoms with Gasteiger partial charge in [-0.3, -0.25) is 4.79 Å². The molecule has 1 amide bonds. The van der Waals surface area contributed by atoms with Gasteiger partial charge < -0.3 is 10.6 Å². The predicted octanol–water partition coefficient (Wildman–Crippen LogP) is 1.89. The first-order chi connectivity index (χ1) is 11.9. The van der Waals surface area contributed by atoms with Gasteiger partial charge in [-0.05, 0) is 49.0 Å². The fraction of sp³-hybridized carbons (Fsp3) is 0.200. The van der Waals surface area contributed by atoms with E-state index in [-0.39, 0.29) is 21.9 Å². The van der Waals surface area contributed by atoms with Crippen LogP contribution in [0.2, 0.25) is 0 Å². The zero-order valence-electron chi connectivity index (χ0n) is 13.4. The Balaban J connectivity index is 2.01. The lowest BCUT2D eigenvalue weighted by atomic mass is 10.3. The SMILES string of the molecule is CCCC(=O)NC(=S)Nc1ccc(S(=O)(=O)Nc2ncccn2)cc1. The topological polar surface area (TPSA) is 113 Å². The Morgan fingerprint density at radius 2 is 1.80 bits per heavy atom. The molecule has 0 saturated heterocycles. The number of rotatable bonds is 6. The highest BCUT2D eigenvalue weighted by atomic mass is 32.2. The van der Waals surface area contributed by atoms with Crippen LogP contribution in [0.1, 0.15) is 19.8 Å². The van der Waals surface area contributed by atoms with Crippen LogP contribution in [0.25, 0.3) is 0 Å². The van der Waals surface area contributed by atoms with Crippen LogP contribution >= 0.6 is 12.2 Å². The highest BCUT2D eigenvalue weighted by Gasteiger charge is 2.15. The van der Waals surface area contributed by atoms with E-state index in [4.69, 9.17) is 12.2 Å². The maximum atomic E-state index is 12.3. The highest BCUT2D eigenvalue weighted by molar-refractivity contribution is 7.92. The first kappa shape index (κ1) is 18.7. The molecule has 0 aliphatic heterocycles. The molecule has 1 aromatic carbocycles. The van der Waals surface area contributed by atoms with E-state index in [0.29, 0.717) is 12.1 Å². The number of hydrogen-bond donors (Lipinski definition) is 3. The molecule has 0 atom stereocenters. The Labute approximate surface area is 151 Å². The third kappa shape index (κ3) is 5.76. The number of hydrogen-bond acceptors (Lipinski definition) is 6. The minimum Gasteiger partial charge on any atom is -0.332 e. The van der Waals surface area contributed by atoms with E-state index < -0.39 is 10.0 Å². The van der Waals surface area contributed by atoms with Gasteiger partial charge in [0.2, 0.25) is 11.9 Å². The number of carbonyl (C=O) groups is 1. The summed E-state index contributed by atoms with van der Waals surface area (Å²) in [4.78, 5) is 19.1. The lowest BCUT2D eigenvalue weighted by Crippen LogP contribution is -2.33. The van der Waals surface area contributed by atoms with Crippen LogP contribution in [0.5, 0.6) is 0 Å². The van der Waals surface area contributed by atoms with Gasteiger partial charge in [0, 0.05) is 24.5 Å². The first-order valence-corrected chi connectivity index (χ1v) is 9.30. The Hall–Kier alpha value is -2.59. The Kier molecular flexibility index (Phi) is 6.37. The number of nitrogens with zero attached hydrogens (tertiary/aromatic N) is 2. The van der Waals surface area contributed by atoms with Gasteiger partial charge >= 0.3 is 0 Å². The van der Waals surface area contributed by atoms with Gasteiger partial charge in [-0.15, -0.1) is 0 Å². The van der Waals surface area contributed by atoms with Crippen molar-refractivity contribution in [2.24, 2.45) is 0 Å². The van der Waals surface area contributed by atoms with Crippen LogP contribution in [0.4, 0.5) is 11.6 Å². The minimum atomic E-state index is -3.79. The molecule has 0 unspecified atom stereocenters. The van der Waals surface area contributed by atoms with Crippen molar-refractivity contribution in [1.29, 1.82) is 0 Å². The quantitative estimate of drug-likeness (QED) is 0.657. The van der Waals surface area contributed by atoms with Crippen LogP contribution in [0.3, 0.4) is 0 Å². The van der Waals surface area contributed by atoms with E-state index in [0.717, 1.165) is 6.42 Å². The molecule has 0 saturated carbocycles. The van der Waals surface area contributed by atoms with Crippen molar-refractivity contribution >= 4 is 44.9 Å². The van der Waals surface area contributed by atoms with E-state index >= 15 is 0 Å². The average Bonchev–Trinajstić information content (AvgIpc) is 2.56. The second-order valence-electron chi connectivity index (χ2n) is 4.95. The van der Waals surface area contributed by atoms with Crippen molar-refractivity contribution < 1.29 is 13.2 Å². The molecule has 2 rings (SSSR count). The smallest absolute Gasteiger partial charge is 0.264 e. The van der Waals surface area contributed by atoms with Crippen LogP contribution in [-0.4, -0.2) is 29.4 Å². The van der Waals surface area contributed by atoms with Crippen molar-refractivity contribution in [3.63, 3.8) is 0 Å². The zero-order valence-corrected chi connectivity index (χ0v) is 15.0. The van der Waals surface area contributed by atoms with Crippen molar-refractivity contribution in [2.75, 3.05) is 10.0 Å². The lowest BCUT2D eigenvalue weighted by molar-refractivity contribution is -0.119. The number of sulfonamides is 1. The molecule has 3 N–H and O–H groups in total. The molecule has 2 aromatic rings. The third-order valence-corrected chi connectivity index (χ3v) is 4.49. The highest BCUT2D eigenvalue weighted by Crippen LogP contribution is 2.16. The minimum absolute atomic E-state index is 0.00971. The molecule has 0 radical (unpaired) electrons. The first-order valence-electron chi connectivity index (χ1n) is 7.41. The fourth-order valence-electron chi connectivity index (χ4n) is 1.83. The van der Waals surface area contributed by atoms with Crippen molar-refractivity contribution in [1.82, 2.24) is 15.3 Å². The number of nitrogens with one attached hydrogen (secondary N) is 3. The number of carbonyl (C=O) groups excluding carboxylic acids is 1. The third-order valence-electron chi connectivity index (χ3n) is 2.94. The van der Waals surface area contributed by atoms with Crippen LogP contribution in [-0.2, 0) is 14.8 Å². The van der Waals surface area contributed by atoms with Gasteiger partial charge in [0.15, 0.2) is 5.11 Å². The van der Waals surface area contributed by atoms with E-state index in [2.05, 4.69) is 25.3 Å². The fourth-order valence-corrected chi connectivity index (χ4v) is 3.02. The summed E-state index contributed by atoms with van der Waals surface area (Å²) in [7, 11) is -3.79. The van der Waals surface area contributed by atoms with Gasteiger partial charge in [0.05, 0.1) is 4.90 Å². The summed E-state index contributed by atoms with van der Waals surface area (Å²) in [6.07, 6.45) is 3.97. The molecule has 25 heavy (non-hydrogen) atoms. The van der Waals surface area contributed by atoms with E-state index in [1.807, 2.05) is 6.92 Å². The van der Waals surface area contributed by atoms with Gasteiger partial charge in [-0.25, -0.2) is 23.1 Å². The number of amides is 1. The van der Waals surface area contributed by atoms with Crippen molar-refractivity contribution in [2.45, 2.75) is 24.7 Å². The van der Waals surface area contributed by atoms with Crippen molar-refractivity contribution in [3.05, 3.63) is 42.7 Å². The van der Waals surface area contributed by atoms with Crippen molar-refractivity contribution in [3.8, 4) is 0 Å². The van der Waals surface area contributed by atoms with Crippen LogP contribution < -0.4 is 15.4 Å². The molecule has 0 spiro atoms. The maximum absolute atomic E-state index is 12.3. The van der Waals surface area contributed by atoms with E-state index in [9.17, 15) is 13.2 Å². The summed E-state index contributed by atoms with van der Waals surface area (Å²) < 4.78 is 26.8. The Morgan fingerprint density at radius 1 is 1.16 bits per heavy atom. The summed E-state index contributed by atoms with van der Waals surface area (Å²) in [5, 5.41) is 5.52. The molecule has 0 bridgehead atoms. The standard InChI is InChI=1S/C15H17N5O3S2/c1-2-4-13(21)19-15(24)18-11-5-7-12(8-6-11)25(22,23)20-14-16-9-3-10-17-14/h3,5-10H,2,4H2,1H3,(H,16,17,20)(H2,18,19,21,24). The molecule has 10 heteroatoms. The number of benzene rings is 1. The molecule has 0 aliphatic carbocycles. The second-order valence-corrected chi connectivity index (χ2v) is 7.05.